The average molecular weight is 330 g/mol. The van der Waals surface area contributed by atoms with Crippen LogP contribution in [0.2, 0.25) is 5.02 Å². The van der Waals surface area contributed by atoms with Crippen LogP contribution in [-0.4, -0.2) is 29.0 Å². The van der Waals surface area contributed by atoms with Gasteiger partial charge in [-0.15, -0.1) is 0 Å². The van der Waals surface area contributed by atoms with Crippen molar-refractivity contribution in [2.75, 3.05) is 7.05 Å². The first-order chi connectivity index (χ1) is 11.1. The first kappa shape index (κ1) is 15.8. The minimum atomic E-state index is -0.0716. The standard InChI is InChI=1S/C18H20ClN3O/c1-12(16-8-3-4-9-20-16)22(2)18(23)21-17-11-15(17)13-6-5-7-14(19)10-13/h3-10,12,15,17H,11H2,1-2H3,(H,21,23)/t12-,15+,17+/m1/s1. The zero-order chi connectivity index (χ0) is 16.4. The number of aromatic nitrogens is 1. The number of pyridine rings is 1. The molecule has 4 nitrogen and oxygen atoms in total. The van der Waals surface area contributed by atoms with Gasteiger partial charge in [-0.3, -0.25) is 4.98 Å². The Morgan fingerprint density at radius 1 is 1.35 bits per heavy atom. The molecule has 1 heterocycles. The SMILES string of the molecule is C[C@H](c1ccccn1)N(C)C(=O)N[C@H]1C[C@H]1c1cccc(Cl)c1. The first-order valence-corrected chi connectivity index (χ1v) is 8.14. The van der Waals surface area contributed by atoms with E-state index in [-0.39, 0.29) is 18.1 Å². The van der Waals surface area contributed by atoms with Crippen molar-refractivity contribution in [2.45, 2.75) is 31.3 Å². The van der Waals surface area contributed by atoms with E-state index in [1.54, 1.807) is 18.1 Å². The van der Waals surface area contributed by atoms with Crippen LogP contribution in [0.1, 0.15) is 36.6 Å². The smallest absolute Gasteiger partial charge is 0.317 e. The van der Waals surface area contributed by atoms with Gasteiger partial charge in [0.15, 0.2) is 0 Å². The minimum absolute atomic E-state index is 0.0698. The molecule has 0 saturated heterocycles. The fraction of sp³-hybridized carbons (Fsp3) is 0.333. The molecule has 1 fully saturated rings. The summed E-state index contributed by atoms with van der Waals surface area (Å²) in [6.07, 6.45) is 2.70. The second kappa shape index (κ2) is 6.59. The third-order valence-corrected chi connectivity index (χ3v) is 4.63. The van der Waals surface area contributed by atoms with Crippen LogP contribution >= 0.6 is 11.6 Å². The van der Waals surface area contributed by atoms with E-state index >= 15 is 0 Å². The maximum Gasteiger partial charge on any atom is 0.317 e. The molecule has 5 heteroatoms. The van der Waals surface area contributed by atoms with E-state index in [2.05, 4.69) is 16.4 Å². The number of amides is 2. The van der Waals surface area contributed by atoms with Gasteiger partial charge in [-0.1, -0.05) is 29.8 Å². The van der Waals surface area contributed by atoms with Crippen molar-refractivity contribution in [1.82, 2.24) is 15.2 Å². The summed E-state index contributed by atoms with van der Waals surface area (Å²) in [6.45, 7) is 1.98. The fourth-order valence-corrected chi connectivity index (χ4v) is 2.92. The van der Waals surface area contributed by atoms with Crippen LogP contribution in [0.4, 0.5) is 4.79 Å². The number of urea groups is 1. The lowest BCUT2D eigenvalue weighted by molar-refractivity contribution is 0.193. The molecule has 1 saturated carbocycles. The Balaban J connectivity index is 1.58. The van der Waals surface area contributed by atoms with Gasteiger partial charge in [-0.05, 0) is 43.2 Å². The predicted octanol–water partition coefficient (Wildman–Crippen LogP) is 3.99. The van der Waals surface area contributed by atoms with Crippen LogP contribution in [0.3, 0.4) is 0 Å². The first-order valence-electron chi connectivity index (χ1n) is 7.76. The largest absolute Gasteiger partial charge is 0.335 e. The number of nitrogens with zero attached hydrogens (tertiary/aromatic N) is 2. The molecule has 0 bridgehead atoms. The lowest BCUT2D eigenvalue weighted by Crippen LogP contribution is -2.40. The van der Waals surface area contributed by atoms with Gasteiger partial charge in [-0.25, -0.2) is 4.79 Å². The Hall–Kier alpha value is -2.07. The van der Waals surface area contributed by atoms with Gasteiger partial charge in [-0.2, -0.15) is 0 Å². The molecule has 2 aromatic rings. The zero-order valence-electron chi connectivity index (χ0n) is 13.2. The summed E-state index contributed by atoms with van der Waals surface area (Å²) in [7, 11) is 1.80. The normalized spacial score (nSPS) is 20.7. The van der Waals surface area contributed by atoms with Gasteiger partial charge < -0.3 is 10.2 Å². The highest BCUT2D eigenvalue weighted by Crippen LogP contribution is 2.41. The van der Waals surface area contributed by atoms with E-state index in [9.17, 15) is 4.79 Å². The van der Waals surface area contributed by atoms with Crippen LogP contribution in [0, 0.1) is 0 Å². The Bertz CT molecular complexity index is 692. The summed E-state index contributed by atoms with van der Waals surface area (Å²) in [5.74, 6) is 0.358. The Labute approximate surface area is 141 Å². The molecule has 1 aromatic carbocycles. The van der Waals surface area contributed by atoms with Crippen LogP contribution in [-0.2, 0) is 0 Å². The number of rotatable bonds is 4. The average Bonchev–Trinajstić information content (AvgIpc) is 3.33. The third kappa shape index (κ3) is 3.64. The van der Waals surface area contributed by atoms with Crippen LogP contribution in [0.15, 0.2) is 48.7 Å². The maximum atomic E-state index is 12.4. The van der Waals surface area contributed by atoms with E-state index < -0.39 is 0 Å². The second-order valence-electron chi connectivity index (χ2n) is 5.99. The predicted molar refractivity (Wildman–Crippen MR) is 91.5 cm³/mol. The summed E-state index contributed by atoms with van der Waals surface area (Å²) >= 11 is 6.03. The molecule has 3 atom stereocenters. The maximum absolute atomic E-state index is 12.4. The Morgan fingerprint density at radius 2 is 2.17 bits per heavy atom. The Kier molecular flexibility index (Phi) is 4.53. The van der Waals surface area contributed by atoms with Gasteiger partial charge in [0, 0.05) is 30.2 Å². The number of hydrogen-bond donors (Lipinski definition) is 1. The van der Waals surface area contributed by atoms with E-state index in [0.717, 1.165) is 17.1 Å². The monoisotopic (exact) mass is 329 g/mol. The van der Waals surface area contributed by atoms with Gasteiger partial charge >= 0.3 is 6.03 Å². The highest BCUT2D eigenvalue weighted by Gasteiger charge is 2.40. The van der Waals surface area contributed by atoms with Crippen molar-refractivity contribution in [3.63, 3.8) is 0 Å². The molecule has 1 N–H and O–H groups in total. The molecular weight excluding hydrogens is 310 g/mol. The molecular formula is C18H20ClN3O. The molecule has 1 aliphatic rings. The summed E-state index contributed by atoms with van der Waals surface area (Å²) < 4.78 is 0. The van der Waals surface area contributed by atoms with Gasteiger partial charge in [0.1, 0.15) is 0 Å². The van der Waals surface area contributed by atoms with Crippen molar-refractivity contribution in [3.05, 3.63) is 64.9 Å². The van der Waals surface area contributed by atoms with Crippen LogP contribution < -0.4 is 5.32 Å². The Morgan fingerprint density at radius 3 is 2.87 bits per heavy atom. The number of carbonyl (C=O) groups is 1. The molecule has 2 amide bonds. The molecule has 1 aromatic heterocycles. The number of carbonyl (C=O) groups excluding carboxylic acids is 1. The van der Waals surface area contributed by atoms with Crippen molar-refractivity contribution in [3.8, 4) is 0 Å². The van der Waals surface area contributed by atoms with Crippen molar-refractivity contribution < 1.29 is 4.79 Å². The summed E-state index contributed by atoms with van der Waals surface area (Å²) in [5, 5.41) is 3.82. The molecule has 0 aliphatic heterocycles. The van der Waals surface area contributed by atoms with E-state index in [0.29, 0.717) is 5.92 Å². The highest BCUT2D eigenvalue weighted by atomic mass is 35.5. The lowest BCUT2D eigenvalue weighted by Gasteiger charge is -2.25. The highest BCUT2D eigenvalue weighted by molar-refractivity contribution is 6.30. The van der Waals surface area contributed by atoms with E-state index in [1.807, 2.05) is 43.3 Å². The second-order valence-corrected chi connectivity index (χ2v) is 6.43. The molecule has 23 heavy (non-hydrogen) atoms. The van der Waals surface area contributed by atoms with Crippen LogP contribution in [0.5, 0.6) is 0 Å². The lowest BCUT2D eigenvalue weighted by atomic mass is 10.1. The van der Waals surface area contributed by atoms with Gasteiger partial charge in [0.25, 0.3) is 0 Å². The van der Waals surface area contributed by atoms with Crippen LogP contribution in [0.25, 0.3) is 0 Å². The topological polar surface area (TPSA) is 45.2 Å². The number of hydrogen-bond acceptors (Lipinski definition) is 2. The molecule has 120 valence electrons. The molecule has 1 aliphatic carbocycles. The molecule has 3 rings (SSSR count). The van der Waals surface area contributed by atoms with Crippen molar-refractivity contribution >= 4 is 17.6 Å². The van der Waals surface area contributed by atoms with Crippen molar-refractivity contribution in [2.24, 2.45) is 0 Å². The zero-order valence-corrected chi connectivity index (χ0v) is 14.0. The molecule has 0 spiro atoms. The van der Waals surface area contributed by atoms with Gasteiger partial charge in [0.2, 0.25) is 0 Å². The summed E-state index contributed by atoms with van der Waals surface area (Å²) in [6, 6.07) is 13.6. The summed E-state index contributed by atoms with van der Waals surface area (Å²) in [5.41, 5.74) is 2.07. The van der Waals surface area contributed by atoms with Crippen molar-refractivity contribution in [1.29, 1.82) is 0 Å². The summed E-state index contributed by atoms with van der Waals surface area (Å²) in [4.78, 5) is 18.4. The number of benzene rings is 1. The molecule has 0 unspecified atom stereocenters. The van der Waals surface area contributed by atoms with Gasteiger partial charge in [0.05, 0.1) is 11.7 Å². The molecule has 0 radical (unpaired) electrons. The minimum Gasteiger partial charge on any atom is -0.335 e. The third-order valence-electron chi connectivity index (χ3n) is 4.39. The van der Waals surface area contributed by atoms with E-state index in [4.69, 9.17) is 11.6 Å². The number of nitrogens with one attached hydrogen (secondary N) is 1. The number of halogens is 1. The van der Waals surface area contributed by atoms with E-state index in [1.165, 1.54) is 5.56 Å². The fourth-order valence-electron chi connectivity index (χ4n) is 2.72. The quantitative estimate of drug-likeness (QED) is 0.921.